The van der Waals surface area contributed by atoms with E-state index in [1.54, 1.807) is 17.8 Å². The SMILES string of the molecule is CCONC(=O)c1cn(C2CCNCC2)nn1. The molecule has 17 heavy (non-hydrogen) atoms. The van der Waals surface area contributed by atoms with Crippen LogP contribution in [0, 0.1) is 0 Å². The first-order valence-corrected chi connectivity index (χ1v) is 5.86. The fourth-order valence-electron chi connectivity index (χ4n) is 1.82. The normalized spacial score (nSPS) is 17.0. The van der Waals surface area contributed by atoms with Gasteiger partial charge in [-0.1, -0.05) is 5.21 Å². The smallest absolute Gasteiger partial charge is 0.296 e. The van der Waals surface area contributed by atoms with Gasteiger partial charge in [-0.25, -0.2) is 10.2 Å². The minimum atomic E-state index is -0.355. The summed E-state index contributed by atoms with van der Waals surface area (Å²) >= 11 is 0. The van der Waals surface area contributed by atoms with E-state index >= 15 is 0 Å². The Morgan fingerprint density at radius 2 is 2.41 bits per heavy atom. The fraction of sp³-hybridized carbons (Fsp3) is 0.700. The minimum Gasteiger partial charge on any atom is -0.317 e. The first kappa shape index (κ1) is 12.0. The van der Waals surface area contributed by atoms with Crippen LogP contribution in [0.25, 0.3) is 0 Å². The molecule has 7 heteroatoms. The van der Waals surface area contributed by atoms with Crippen LogP contribution in [0.2, 0.25) is 0 Å². The second-order valence-electron chi connectivity index (χ2n) is 3.93. The number of hydrogen-bond donors (Lipinski definition) is 2. The lowest BCUT2D eigenvalue weighted by atomic mass is 10.1. The standard InChI is InChI=1S/C10H17N5O2/c1-2-17-13-10(16)9-7-15(14-12-9)8-3-5-11-6-4-8/h7-8,11H,2-6H2,1H3,(H,13,16). The number of rotatable bonds is 4. The number of aromatic nitrogens is 3. The van der Waals surface area contributed by atoms with Crippen LogP contribution in [0.4, 0.5) is 0 Å². The molecular formula is C10H17N5O2. The van der Waals surface area contributed by atoms with Crippen molar-refractivity contribution in [3.8, 4) is 0 Å². The predicted octanol–water partition coefficient (Wildman–Crippen LogP) is -0.116. The van der Waals surface area contributed by atoms with Crippen molar-refractivity contribution in [2.24, 2.45) is 0 Å². The van der Waals surface area contributed by atoms with Gasteiger partial charge in [0.1, 0.15) is 0 Å². The number of nitrogens with zero attached hydrogens (tertiary/aromatic N) is 3. The number of carbonyl (C=O) groups excluding carboxylic acids is 1. The summed E-state index contributed by atoms with van der Waals surface area (Å²) in [4.78, 5) is 16.4. The van der Waals surface area contributed by atoms with E-state index in [0.717, 1.165) is 25.9 Å². The van der Waals surface area contributed by atoms with Gasteiger partial charge < -0.3 is 5.32 Å². The van der Waals surface area contributed by atoms with Gasteiger partial charge in [-0.3, -0.25) is 9.63 Å². The topological polar surface area (TPSA) is 81.1 Å². The van der Waals surface area contributed by atoms with Crippen molar-refractivity contribution in [3.05, 3.63) is 11.9 Å². The Balaban J connectivity index is 1.97. The molecule has 1 amide bonds. The van der Waals surface area contributed by atoms with Crippen LogP contribution in [0.1, 0.15) is 36.3 Å². The van der Waals surface area contributed by atoms with Crippen LogP contribution in [-0.2, 0) is 4.84 Å². The molecule has 0 unspecified atom stereocenters. The van der Waals surface area contributed by atoms with Gasteiger partial charge >= 0.3 is 0 Å². The molecule has 2 rings (SSSR count). The van der Waals surface area contributed by atoms with Crippen molar-refractivity contribution >= 4 is 5.91 Å². The summed E-state index contributed by atoms with van der Waals surface area (Å²) in [5.74, 6) is -0.355. The van der Waals surface area contributed by atoms with E-state index in [9.17, 15) is 4.79 Å². The molecule has 0 bridgehead atoms. The molecule has 7 nitrogen and oxygen atoms in total. The van der Waals surface area contributed by atoms with Crippen molar-refractivity contribution in [3.63, 3.8) is 0 Å². The van der Waals surface area contributed by atoms with Crippen LogP contribution in [0.3, 0.4) is 0 Å². The zero-order valence-electron chi connectivity index (χ0n) is 9.85. The summed E-state index contributed by atoms with van der Waals surface area (Å²) in [5, 5.41) is 11.1. The second-order valence-corrected chi connectivity index (χ2v) is 3.93. The van der Waals surface area contributed by atoms with Crippen LogP contribution in [0.15, 0.2) is 6.20 Å². The maximum Gasteiger partial charge on any atom is 0.296 e. The molecular weight excluding hydrogens is 222 g/mol. The molecule has 1 aliphatic heterocycles. The van der Waals surface area contributed by atoms with E-state index in [1.807, 2.05) is 0 Å². The maximum atomic E-state index is 11.5. The molecule has 0 spiro atoms. The molecule has 1 aliphatic rings. The van der Waals surface area contributed by atoms with Gasteiger partial charge in [0.05, 0.1) is 18.8 Å². The van der Waals surface area contributed by atoms with Gasteiger partial charge in [0, 0.05) is 0 Å². The fourth-order valence-corrected chi connectivity index (χ4v) is 1.82. The Morgan fingerprint density at radius 1 is 1.65 bits per heavy atom. The third kappa shape index (κ3) is 3.01. The summed E-state index contributed by atoms with van der Waals surface area (Å²) < 4.78 is 1.77. The second kappa shape index (κ2) is 5.74. The first-order chi connectivity index (χ1) is 8.31. The molecule has 1 fully saturated rings. The van der Waals surface area contributed by atoms with Crippen molar-refractivity contribution < 1.29 is 9.63 Å². The molecule has 2 N–H and O–H groups in total. The predicted molar refractivity (Wildman–Crippen MR) is 60.3 cm³/mol. The quantitative estimate of drug-likeness (QED) is 0.716. The Bertz CT molecular complexity index is 373. The zero-order valence-corrected chi connectivity index (χ0v) is 9.85. The van der Waals surface area contributed by atoms with Crippen molar-refractivity contribution in [2.45, 2.75) is 25.8 Å². The summed E-state index contributed by atoms with van der Waals surface area (Å²) in [5.41, 5.74) is 2.59. The van der Waals surface area contributed by atoms with Crippen LogP contribution in [-0.4, -0.2) is 40.6 Å². The van der Waals surface area contributed by atoms with Crippen molar-refractivity contribution in [1.29, 1.82) is 0 Å². The Morgan fingerprint density at radius 3 is 3.12 bits per heavy atom. The molecule has 0 aliphatic carbocycles. The summed E-state index contributed by atoms with van der Waals surface area (Å²) in [7, 11) is 0. The average Bonchev–Trinajstić information content (AvgIpc) is 2.86. The number of piperidine rings is 1. The number of nitrogens with one attached hydrogen (secondary N) is 2. The summed E-state index contributed by atoms with van der Waals surface area (Å²) in [6.07, 6.45) is 3.69. The van der Waals surface area contributed by atoms with Gasteiger partial charge in [-0.15, -0.1) is 5.10 Å². The van der Waals surface area contributed by atoms with E-state index in [1.165, 1.54) is 0 Å². The minimum absolute atomic E-state index is 0.289. The van der Waals surface area contributed by atoms with E-state index in [-0.39, 0.29) is 11.6 Å². The highest BCUT2D eigenvalue weighted by Crippen LogP contribution is 2.16. The van der Waals surface area contributed by atoms with Crippen molar-refractivity contribution in [1.82, 2.24) is 25.8 Å². The average molecular weight is 239 g/mol. The van der Waals surface area contributed by atoms with Gasteiger partial charge in [-0.2, -0.15) is 0 Å². The number of hydrogen-bond acceptors (Lipinski definition) is 5. The maximum absolute atomic E-state index is 11.5. The molecule has 0 radical (unpaired) electrons. The highest BCUT2D eigenvalue weighted by molar-refractivity contribution is 5.90. The number of amides is 1. The molecule has 1 aromatic heterocycles. The van der Waals surface area contributed by atoms with Crippen LogP contribution in [0.5, 0.6) is 0 Å². The van der Waals surface area contributed by atoms with E-state index < -0.39 is 0 Å². The Hall–Kier alpha value is -1.47. The third-order valence-electron chi connectivity index (χ3n) is 2.73. The van der Waals surface area contributed by atoms with Crippen LogP contribution >= 0.6 is 0 Å². The van der Waals surface area contributed by atoms with E-state index in [2.05, 4.69) is 21.1 Å². The number of carbonyl (C=O) groups is 1. The molecule has 94 valence electrons. The van der Waals surface area contributed by atoms with E-state index in [4.69, 9.17) is 4.84 Å². The third-order valence-corrected chi connectivity index (χ3v) is 2.73. The largest absolute Gasteiger partial charge is 0.317 e. The monoisotopic (exact) mass is 239 g/mol. The molecule has 0 saturated carbocycles. The molecule has 0 atom stereocenters. The van der Waals surface area contributed by atoms with Gasteiger partial charge in [0.15, 0.2) is 5.69 Å². The number of hydroxylamine groups is 1. The van der Waals surface area contributed by atoms with Gasteiger partial charge in [0.25, 0.3) is 5.91 Å². The van der Waals surface area contributed by atoms with E-state index in [0.29, 0.717) is 12.6 Å². The molecule has 1 saturated heterocycles. The highest BCUT2D eigenvalue weighted by Gasteiger charge is 2.18. The zero-order chi connectivity index (χ0) is 12.1. The highest BCUT2D eigenvalue weighted by atomic mass is 16.6. The lowest BCUT2D eigenvalue weighted by Crippen LogP contribution is -2.29. The molecule has 1 aromatic rings. The summed E-state index contributed by atoms with van der Waals surface area (Å²) in [6, 6.07) is 0.331. The van der Waals surface area contributed by atoms with Crippen molar-refractivity contribution in [2.75, 3.05) is 19.7 Å². The Kier molecular flexibility index (Phi) is 4.05. The van der Waals surface area contributed by atoms with Crippen LogP contribution < -0.4 is 10.8 Å². The Labute approximate surface area is 99.5 Å². The van der Waals surface area contributed by atoms with Gasteiger partial charge in [0.2, 0.25) is 0 Å². The molecule has 2 heterocycles. The lowest BCUT2D eigenvalue weighted by molar-refractivity contribution is 0.0360. The van der Waals surface area contributed by atoms with Gasteiger partial charge in [-0.05, 0) is 32.9 Å². The lowest BCUT2D eigenvalue weighted by Gasteiger charge is -2.21. The summed E-state index contributed by atoms with van der Waals surface area (Å²) in [6.45, 7) is 4.18. The molecule has 0 aromatic carbocycles. The first-order valence-electron chi connectivity index (χ1n) is 5.86.